The molecule has 0 aliphatic carbocycles. The molecule has 2 aromatic rings. The SMILES string of the molecule is Cc1cc(F)ccc1CCNc1ccc(Cl)cc1C(N)=S. The monoisotopic (exact) mass is 322 g/mol. The number of thiocarbonyl (C=S) groups is 1. The van der Waals surface area contributed by atoms with Gasteiger partial charge < -0.3 is 11.1 Å². The van der Waals surface area contributed by atoms with Gasteiger partial charge in [-0.3, -0.25) is 0 Å². The number of nitrogens with two attached hydrogens (primary N) is 1. The lowest BCUT2D eigenvalue weighted by Crippen LogP contribution is -2.14. The van der Waals surface area contributed by atoms with Crippen molar-refractivity contribution < 1.29 is 4.39 Å². The maximum Gasteiger partial charge on any atom is 0.123 e. The summed E-state index contributed by atoms with van der Waals surface area (Å²) in [5, 5.41) is 3.89. The normalized spacial score (nSPS) is 10.4. The van der Waals surface area contributed by atoms with Crippen LogP contribution in [0.15, 0.2) is 36.4 Å². The second-order valence-electron chi connectivity index (χ2n) is 4.80. The van der Waals surface area contributed by atoms with Crippen LogP contribution in [0, 0.1) is 12.7 Å². The number of aryl methyl sites for hydroxylation is 1. The van der Waals surface area contributed by atoms with E-state index in [9.17, 15) is 4.39 Å². The first-order valence-corrected chi connectivity index (χ1v) is 7.34. The van der Waals surface area contributed by atoms with Crippen molar-refractivity contribution in [2.45, 2.75) is 13.3 Å². The minimum Gasteiger partial charge on any atom is -0.389 e. The highest BCUT2D eigenvalue weighted by atomic mass is 35.5. The van der Waals surface area contributed by atoms with E-state index < -0.39 is 0 Å². The first-order chi connectivity index (χ1) is 9.97. The Balaban J connectivity index is 2.05. The summed E-state index contributed by atoms with van der Waals surface area (Å²) in [5.41, 5.74) is 9.33. The van der Waals surface area contributed by atoms with Gasteiger partial charge in [-0.1, -0.05) is 29.9 Å². The fourth-order valence-electron chi connectivity index (χ4n) is 2.15. The number of rotatable bonds is 5. The van der Waals surface area contributed by atoms with Gasteiger partial charge in [0.25, 0.3) is 0 Å². The van der Waals surface area contributed by atoms with Crippen LogP contribution in [-0.4, -0.2) is 11.5 Å². The number of halogens is 2. The minimum atomic E-state index is -0.210. The van der Waals surface area contributed by atoms with Crippen molar-refractivity contribution in [3.8, 4) is 0 Å². The Morgan fingerprint density at radius 3 is 2.71 bits per heavy atom. The van der Waals surface area contributed by atoms with Gasteiger partial charge in [-0.2, -0.15) is 0 Å². The summed E-state index contributed by atoms with van der Waals surface area (Å²) >= 11 is 11.0. The van der Waals surface area contributed by atoms with Gasteiger partial charge in [-0.15, -0.1) is 0 Å². The quantitative estimate of drug-likeness (QED) is 0.815. The Morgan fingerprint density at radius 2 is 2.05 bits per heavy atom. The lowest BCUT2D eigenvalue weighted by Gasteiger charge is -2.12. The molecule has 0 saturated carbocycles. The second-order valence-corrected chi connectivity index (χ2v) is 5.68. The highest BCUT2D eigenvalue weighted by molar-refractivity contribution is 7.80. The summed E-state index contributed by atoms with van der Waals surface area (Å²) in [7, 11) is 0. The molecular formula is C16H16ClFN2S. The zero-order chi connectivity index (χ0) is 15.4. The minimum absolute atomic E-state index is 0.210. The van der Waals surface area contributed by atoms with Crippen LogP contribution in [0.5, 0.6) is 0 Å². The molecule has 0 unspecified atom stereocenters. The van der Waals surface area contributed by atoms with Crippen LogP contribution < -0.4 is 11.1 Å². The van der Waals surface area contributed by atoms with Gasteiger partial charge >= 0.3 is 0 Å². The first-order valence-electron chi connectivity index (χ1n) is 6.55. The average Bonchev–Trinajstić information content (AvgIpc) is 2.42. The van der Waals surface area contributed by atoms with Crippen molar-refractivity contribution in [1.82, 2.24) is 0 Å². The molecule has 0 aliphatic heterocycles. The molecule has 2 nitrogen and oxygen atoms in total. The van der Waals surface area contributed by atoms with E-state index in [-0.39, 0.29) is 5.82 Å². The van der Waals surface area contributed by atoms with Crippen LogP contribution in [0.25, 0.3) is 0 Å². The highest BCUT2D eigenvalue weighted by Gasteiger charge is 2.06. The molecule has 3 N–H and O–H groups in total. The van der Waals surface area contributed by atoms with E-state index in [2.05, 4.69) is 5.32 Å². The summed E-state index contributed by atoms with van der Waals surface area (Å²) in [5.74, 6) is -0.210. The van der Waals surface area contributed by atoms with Crippen LogP contribution in [-0.2, 0) is 6.42 Å². The van der Waals surface area contributed by atoms with Crippen molar-refractivity contribution >= 4 is 34.5 Å². The second kappa shape index (κ2) is 6.87. The van der Waals surface area contributed by atoms with E-state index in [1.165, 1.54) is 12.1 Å². The molecule has 5 heteroatoms. The molecule has 2 aromatic carbocycles. The molecular weight excluding hydrogens is 307 g/mol. The topological polar surface area (TPSA) is 38.0 Å². The third-order valence-corrected chi connectivity index (χ3v) is 3.72. The molecule has 0 heterocycles. The molecule has 0 bridgehead atoms. The number of hydrogen-bond acceptors (Lipinski definition) is 2. The summed E-state index contributed by atoms with van der Waals surface area (Å²) in [6.45, 7) is 2.60. The molecule has 0 spiro atoms. The van der Waals surface area contributed by atoms with Crippen LogP contribution in [0.2, 0.25) is 5.02 Å². The molecule has 0 aromatic heterocycles. The number of nitrogens with one attached hydrogen (secondary N) is 1. The molecule has 2 rings (SSSR count). The smallest absolute Gasteiger partial charge is 0.123 e. The number of benzene rings is 2. The number of anilines is 1. The Labute approximate surface area is 134 Å². The molecule has 0 radical (unpaired) electrons. The molecule has 0 amide bonds. The molecule has 110 valence electrons. The number of hydrogen-bond donors (Lipinski definition) is 2. The van der Waals surface area contributed by atoms with Gasteiger partial charge in [0, 0.05) is 22.8 Å². The average molecular weight is 323 g/mol. The molecule has 0 fully saturated rings. The lowest BCUT2D eigenvalue weighted by molar-refractivity contribution is 0.625. The summed E-state index contributed by atoms with van der Waals surface area (Å²) < 4.78 is 13.1. The van der Waals surface area contributed by atoms with Crippen LogP contribution in [0.1, 0.15) is 16.7 Å². The zero-order valence-electron chi connectivity index (χ0n) is 11.6. The van der Waals surface area contributed by atoms with Crippen molar-refractivity contribution in [3.63, 3.8) is 0 Å². The van der Waals surface area contributed by atoms with E-state index in [4.69, 9.17) is 29.6 Å². The lowest BCUT2D eigenvalue weighted by atomic mass is 10.1. The van der Waals surface area contributed by atoms with Gasteiger partial charge in [0.15, 0.2) is 0 Å². The Kier molecular flexibility index (Phi) is 5.15. The summed E-state index contributed by atoms with van der Waals surface area (Å²) in [6, 6.07) is 10.2. The maximum absolute atomic E-state index is 13.1. The fraction of sp³-hybridized carbons (Fsp3) is 0.188. The van der Waals surface area contributed by atoms with E-state index in [0.29, 0.717) is 16.6 Å². The Bertz CT molecular complexity index is 673. The van der Waals surface area contributed by atoms with E-state index in [1.807, 2.05) is 19.1 Å². The fourth-order valence-corrected chi connectivity index (χ4v) is 2.49. The van der Waals surface area contributed by atoms with Gasteiger partial charge in [0.05, 0.1) is 0 Å². The predicted octanol–water partition coefficient (Wildman–Crippen LogP) is 4.08. The largest absolute Gasteiger partial charge is 0.389 e. The Hall–Kier alpha value is -1.65. The van der Waals surface area contributed by atoms with Crippen molar-refractivity contribution in [2.24, 2.45) is 5.73 Å². The Morgan fingerprint density at radius 1 is 1.29 bits per heavy atom. The van der Waals surface area contributed by atoms with Crippen LogP contribution in [0.3, 0.4) is 0 Å². The van der Waals surface area contributed by atoms with Gasteiger partial charge in [0.1, 0.15) is 10.8 Å². The van der Waals surface area contributed by atoms with Crippen molar-refractivity contribution in [3.05, 3.63) is 63.9 Å². The van der Waals surface area contributed by atoms with E-state index >= 15 is 0 Å². The van der Waals surface area contributed by atoms with Crippen LogP contribution >= 0.6 is 23.8 Å². The van der Waals surface area contributed by atoms with Crippen molar-refractivity contribution in [1.29, 1.82) is 0 Å². The molecule has 21 heavy (non-hydrogen) atoms. The van der Waals surface area contributed by atoms with Gasteiger partial charge in [-0.05, 0) is 54.8 Å². The summed E-state index contributed by atoms with van der Waals surface area (Å²) in [6.07, 6.45) is 0.783. The third kappa shape index (κ3) is 4.16. The van der Waals surface area contributed by atoms with Gasteiger partial charge in [-0.25, -0.2) is 4.39 Å². The van der Waals surface area contributed by atoms with E-state index in [0.717, 1.165) is 28.8 Å². The van der Waals surface area contributed by atoms with Crippen LogP contribution in [0.4, 0.5) is 10.1 Å². The molecule has 0 saturated heterocycles. The highest BCUT2D eigenvalue weighted by Crippen LogP contribution is 2.21. The predicted molar refractivity (Wildman–Crippen MR) is 90.7 cm³/mol. The first kappa shape index (κ1) is 15.7. The third-order valence-electron chi connectivity index (χ3n) is 3.26. The summed E-state index contributed by atoms with van der Waals surface area (Å²) in [4.78, 5) is 0.304. The zero-order valence-corrected chi connectivity index (χ0v) is 13.2. The van der Waals surface area contributed by atoms with Crippen molar-refractivity contribution in [2.75, 3.05) is 11.9 Å². The standard InChI is InChI=1S/C16H16ClFN2S/c1-10-8-13(18)4-2-11(10)6-7-20-15-5-3-12(17)9-14(15)16(19)21/h2-5,8-9,20H,6-7H2,1H3,(H2,19,21). The maximum atomic E-state index is 13.1. The van der Waals surface area contributed by atoms with Gasteiger partial charge in [0.2, 0.25) is 0 Å². The molecule has 0 atom stereocenters. The van der Waals surface area contributed by atoms with E-state index in [1.54, 1.807) is 12.1 Å². The molecule has 0 aliphatic rings.